The van der Waals surface area contributed by atoms with Crippen molar-refractivity contribution in [1.29, 1.82) is 5.26 Å². The van der Waals surface area contributed by atoms with Gasteiger partial charge < -0.3 is 19.4 Å². The van der Waals surface area contributed by atoms with Crippen molar-refractivity contribution >= 4 is 34.0 Å². The smallest absolute Gasteiger partial charge is 0.235 e. The van der Waals surface area contributed by atoms with E-state index in [0.717, 1.165) is 30.4 Å². The van der Waals surface area contributed by atoms with Gasteiger partial charge in [-0.25, -0.2) is 0 Å². The molecule has 2 aromatic heterocycles. The number of aryl methyl sites for hydroxylation is 1. The molecule has 208 valence electrons. The van der Waals surface area contributed by atoms with E-state index in [9.17, 15) is 10.1 Å². The van der Waals surface area contributed by atoms with Crippen molar-refractivity contribution in [3.63, 3.8) is 0 Å². The van der Waals surface area contributed by atoms with Gasteiger partial charge in [0, 0.05) is 11.4 Å². The van der Waals surface area contributed by atoms with E-state index < -0.39 is 0 Å². The number of aromatic nitrogens is 3. The van der Waals surface area contributed by atoms with Crippen molar-refractivity contribution in [3.8, 4) is 17.6 Å². The second-order valence-electron chi connectivity index (χ2n) is 10.8. The molecule has 8 nitrogen and oxygen atoms in total. The lowest BCUT2D eigenvalue weighted by Crippen LogP contribution is -2.26. The monoisotopic (exact) mass is 567 g/mol. The Balaban J connectivity index is 1.39. The average Bonchev–Trinajstić information content (AvgIpc) is 3.45. The molecule has 0 bridgehead atoms. The van der Waals surface area contributed by atoms with Gasteiger partial charge >= 0.3 is 0 Å². The van der Waals surface area contributed by atoms with Gasteiger partial charge in [0.2, 0.25) is 5.91 Å². The Morgan fingerprint density at radius 3 is 2.74 bits per heavy atom. The normalized spacial score (nSPS) is 14.9. The van der Waals surface area contributed by atoms with Crippen LogP contribution >= 0.6 is 23.1 Å². The fourth-order valence-corrected chi connectivity index (χ4v) is 6.93. The number of carbonyl (C=O) groups excluding carboxylic acids is 1. The van der Waals surface area contributed by atoms with Gasteiger partial charge in [0.15, 0.2) is 22.5 Å². The van der Waals surface area contributed by atoms with E-state index in [0.29, 0.717) is 52.1 Å². The van der Waals surface area contributed by atoms with E-state index in [2.05, 4.69) is 42.4 Å². The molecule has 4 rings (SSSR count). The molecule has 1 atom stereocenters. The molecule has 0 radical (unpaired) electrons. The molecule has 3 aromatic rings. The lowest BCUT2D eigenvalue weighted by atomic mass is 9.72. The van der Waals surface area contributed by atoms with E-state index in [4.69, 9.17) is 9.47 Å². The quantitative estimate of drug-likeness (QED) is 0.283. The minimum absolute atomic E-state index is 0.160. The molecular formula is C29H37N5O3S2. The molecule has 1 amide bonds. The summed E-state index contributed by atoms with van der Waals surface area (Å²) in [5.74, 6) is 2.62. The van der Waals surface area contributed by atoms with Crippen LogP contribution < -0.4 is 14.8 Å². The number of rotatable bonds is 10. The first kappa shape index (κ1) is 29.0. The molecule has 1 aromatic carbocycles. The first-order valence-electron chi connectivity index (χ1n) is 13.4. The van der Waals surface area contributed by atoms with E-state index in [1.807, 2.05) is 43.5 Å². The van der Waals surface area contributed by atoms with Gasteiger partial charge in [-0.1, -0.05) is 38.6 Å². The third kappa shape index (κ3) is 6.76. The minimum Gasteiger partial charge on any atom is -0.490 e. The van der Waals surface area contributed by atoms with Gasteiger partial charge in [-0.3, -0.25) is 4.79 Å². The molecule has 0 unspecified atom stereocenters. The largest absolute Gasteiger partial charge is 0.490 e. The van der Waals surface area contributed by atoms with Crippen LogP contribution in [0, 0.1) is 29.6 Å². The number of amides is 1. The summed E-state index contributed by atoms with van der Waals surface area (Å²) < 4.78 is 13.7. The average molecular weight is 568 g/mol. The van der Waals surface area contributed by atoms with Crippen molar-refractivity contribution in [2.75, 3.05) is 17.7 Å². The Kier molecular flexibility index (Phi) is 9.23. The Morgan fingerprint density at radius 1 is 1.26 bits per heavy atom. The van der Waals surface area contributed by atoms with Crippen molar-refractivity contribution in [3.05, 3.63) is 45.6 Å². The van der Waals surface area contributed by atoms with Crippen LogP contribution in [0.1, 0.15) is 68.4 Å². The van der Waals surface area contributed by atoms with E-state index in [-0.39, 0.29) is 23.7 Å². The topological polar surface area (TPSA) is 102 Å². The minimum atomic E-state index is -0.160. The summed E-state index contributed by atoms with van der Waals surface area (Å²) in [6, 6.07) is 8.17. The molecule has 1 aliphatic carbocycles. The van der Waals surface area contributed by atoms with E-state index in [1.54, 1.807) is 11.3 Å². The number of benzene rings is 1. The molecule has 39 heavy (non-hydrogen) atoms. The summed E-state index contributed by atoms with van der Waals surface area (Å²) in [5, 5.41) is 22.8. The molecule has 0 fully saturated rings. The number of nitrogens with one attached hydrogen (secondary N) is 1. The third-order valence-electron chi connectivity index (χ3n) is 7.05. The third-order valence-corrected chi connectivity index (χ3v) is 9.19. The Hall–Kier alpha value is -3.03. The Labute approximate surface area is 239 Å². The van der Waals surface area contributed by atoms with E-state index in [1.165, 1.54) is 16.6 Å². The summed E-state index contributed by atoms with van der Waals surface area (Å²) in [7, 11) is 0. The number of thioether (sulfide) groups is 1. The number of carbonyl (C=O) groups is 1. The standard InChI is InChI=1S/C29H37N5O3S2/c1-7-34-25(16-37-22-12-9-18(3)13-23(22)36-8-2)32-33-28(34)38-17-26(35)31-27-21(15-30)20-11-10-19(29(4,5)6)14-24(20)39-27/h9,12-13,19H,7-8,10-11,14,16-17H2,1-6H3,(H,31,35)/t19-/m0/s1. The highest BCUT2D eigenvalue weighted by atomic mass is 32.2. The highest BCUT2D eigenvalue weighted by molar-refractivity contribution is 7.99. The lowest BCUT2D eigenvalue weighted by Gasteiger charge is -2.33. The van der Waals surface area contributed by atoms with Gasteiger partial charge in [0.25, 0.3) is 0 Å². The second-order valence-corrected chi connectivity index (χ2v) is 12.8. The SMILES string of the molecule is CCOc1cc(C)ccc1OCc1nnc(SCC(=O)Nc2sc3c(c2C#N)CC[C@H](C(C)(C)C)C3)n1CC. The van der Waals surface area contributed by atoms with Crippen molar-refractivity contribution in [1.82, 2.24) is 14.8 Å². The molecule has 0 saturated carbocycles. The van der Waals surface area contributed by atoms with Gasteiger partial charge in [-0.05, 0) is 74.6 Å². The maximum absolute atomic E-state index is 12.9. The maximum Gasteiger partial charge on any atom is 0.235 e. The van der Waals surface area contributed by atoms with Gasteiger partial charge in [0.1, 0.15) is 17.7 Å². The number of fused-ring (bicyclic) bond motifs is 1. The second kappa shape index (κ2) is 12.4. The molecular weight excluding hydrogens is 530 g/mol. The van der Waals surface area contributed by atoms with Crippen LogP contribution in [0.5, 0.6) is 11.5 Å². The van der Waals surface area contributed by atoms with E-state index >= 15 is 0 Å². The number of hydrogen-bond donors (Lipinski definition) is 1. The molecule has 0 aliphatic heterocycles. The van der Waals surface area contributed by atoms with Gasteiger partial charge in [-0.15, -0.1) is 21.5 Å². The summed E-state index contributed by atoms with van der Waals surface area (Å²) in [6.07, 6.45) is 2.92. The molecule has 0 spiro atoms. The van der Waals surface area contributed by atoms with Crippen molar-refractivity contribution < 1.29 is 14.3 Å². The number of ether oxygens (including phenoxy) is 2. The van der Waals surface area contributed by atoms with Crippen LogP contribution in [0.25, 0.3) is 0 Å². The summed E-state index contributed by atoms with van der Waals surface area (Å²) in [6.45, 7) is 14.2. The Bertz CT molecular complexity index is 1370. The van der Waals surface area contributed by atoms with Crippen molar-refractivity contribution in [2.24, 2.45) is 11.3 Å². The lowest BCUT2D eigenvalue weighted by molar-refractivity contribution is -0.113. The van der Waals surface area contributed by atoms with Crippen LogP contribution in [0.3, 0.4) is 0 Å². The first-order valence-corrected chi connectivity index (χ1v) is 15.2. The molecule has 0 saturated heterocycles. The fraction of sp³-hybridized carbons (Fsp3) is 0.517. The number of nitrogens with zero attached hydrogens (tertiary/aromatic N) is 4. The molecule has 10 heteroatoms. The number of nitriles is 1. The highest BCUT2D eigenvalue weighted by Gasteiger charge is 2.32. The predicted molar refractivity (Wildman–Crippen MR) is 156 cm³/mol. The fourth-order valence-electron chi connectivity index (χ4n) is 4.82. The zero-order valence-corrected chi connectivity index (χ0v) is 25.2. The van der Waals surface area contributed by atoms with Gasteiger partial charge in [0.05, 0.1) is 17.9 Å². The summed E-state index contributed by atoms with van der Waals surface area (Å²) in [4.78, 5) is 14.1. The highest BCUT2D eigenvalue weighted by Crippen LogP contribution is 2.44. The number of hydrogen-bond acceptors (Lipinski definition) is 8. The predicted octanol–water partition coefficient (Wildman–Crippen LogP) is 6.40. The van der Waals surface area contributed by atoms with Crippen LogP contribution in [-0.4, -0.2) is 33.0 Å². The molecule has 2 heterocycles. The van der Waals surface area contributed by atoms with Crippen LogP contribution in [0.4, 0.5) is 5.00 Å². The zero-order chi connectivity index (χ0) is 28.2. The van der Waals surface area contributed by atoms with Crippen LogP contribution in [0.2, 0.25) is 0 Å². The number of anilines is 1. The molecule has 1 aliphatic rings. The zero-order valence-electron chi connectivity index (χ0n) is 23.6. The summed E-state index contributed by atoms with van der Waals surface area (Å²) in [5.41, 5.74) is 3.05. The number of thiophene rings is 1. The Morgan fingerprint density at radius 2 is 2.05 bits per heavy atom. The van der Waals surface area contributed by atoms with Crippen LogP contribution in [-0.2, 0) is 30.8 Å². The summed E-state index contributed by atoms with van der Waals surface area (Å²) >= 11 is 2.88. The van der Waals surface area contributed by atoms with Crippen LogP contribution in [0.15, 0.2) is 23.4 Å². The van der Waals surface area contributed by atoms with Crippen molar-refractivity contribution in [2.45, 2.75) is 79.1 Å². The van der Waals surface area contributed by atoms with Gasteiger partial charge in [-0.2, -0.15) is 5.26 Å². The first-order chi connectivity index (χ1) is 18.6. The maximum atomic E-state index is 12.9. The molecule has 1 N–H and O–H groups in total.